The number of aromatic nitrogens is 2. The van der Waals surface area contributed by atoms with Crippen LogP contribution in [0.4, 0.5) is 34.1 Å². The van der Waals surface area contributed by atoms with Gasteiger partial charge in [-0.25, -0.2) is 9.59 Å². The average molecular weight is 801 g/mol. The summed E-state index contributed by atoms with van der Waals surface area (Å²) in [5.41, 5.74) is 8.72. The van der Waals surface area contributed by atoms with Crippen LogP contribution in [0.15, 0.2) is 97.3 Å². The molecule has 6 rings (SSSR count). The second-order valence-corrected chi connectivity index (χ2v) is 13.8. The van der Waals surface area contributed by atoms with Crippen LogP contribution in [0.3, 0.4) is 0 Å². The minimum atomic E-state index is -5.05. The van der Waals surface area contributed by atoms with Crippen molar-refractivity contribution in [2.45, 2.75) is 57.8 Å². The van der Waals surface area contributed by atoms with E-state index in [-0.39, 0.29) is 36.5 Å². The summed E-state index contributed by atoms with van der Waals surface area (Å²) in [6.45, 7) is 2.65. The monoisotopic (exact) mass is 800 g/mol. The molecule has 2 aliphatic rings. The maximum absolute atomic E-state index is 13.1. The third-order valence-electron chi connectivity index (χ3n) is 9.64. The first-order valence-corrected chi connectivity index (χ1v) is 19.2. The number of nitrogens with zero attached hydrogens (tertiary/aromatic N) is 6. The van der Waals surface area contributed by atoms with Crippen molar-refractivity contribution in [3.8, 4) is 0 Å². The molecule has 58 heavy (non-hydrogen) atoms. The number of benzene rings is 2. The summed E-state index contributed by atoms with van der Waals surface area (Å²) in [6.07, 6.45) is 3.96. The molecule has 0 saturated carbocycles. The molecule has 13 nitrogen and oxygen atoms in total. The molecule has 0 atom stereocenters. The molecular formula is C42H47F3N8O5. The number of anilines is 2. The molecule has 0 aliphatic carbocycles. The van der Waals surface area contributed by atoms with E-state index in [1.54, 1.807) is 32.1 Å². The van der Waals surface area contributed by atoms with Gasteiger partial charge in [0.1, 0.15) is 0 Å². The fourth-order valence-corrected chi connectivity index (χ4v) is 6.44. The number of Topliss-reactive ketones (excluding diaryl/α,β-unsaturated/α-hetero) is 2. The Bertz CT molecular complexity index is 1970. The number of carbonyl (C=O) groups is 5. The number of piperidine rings is 2. The summed E-state index contributed by atoms with van der Waals surface area (Å²) in [4.78, 5) is 76.4. The number of carbonyl (C=O) groups excluding carboxylic acids is 5. The van der Waals surface area contributed by atoms with Crippen molar-refractivity contribution < 1.29 is 37.1 Å². The summed E-state index contributed by atoms with van der Waals surface area (Å²) >= 11 is 0. The zero-order valence-corrected chi connectivity index (χ0v) is 32.1. The van der Waals surface area contributed by atoms with Crippen molar-refractivity contribution in [3.63, 3.8) is 0 Å². The van der Waals surface area contributed by atoms with Crippen molar-refractivity contribution in [3.05, 3.63) is 120 Å². The van der Waals surface area contributed by atoms with Gasteiger partial charge in [0.05, 0.1) is 37.6 Å². The Morgan fingerprint density at radius 3 is 1.38 bits per heavy atom. The summed E-state index contributed by atoms with van der Waals surface area (Å²) in [5, 5.41) is 1.54. The lowest BCUT2D eigenvalue weighted by atomic mass is 10.1. The number of urea groups is 2. The number of nitrogens with two attached hydrogens (primary N) is 1. The number of ketones is 2. The number of rotatable bonds is 11. The van der Waals surface area contributed by atoms with Crippen LogP contribution in [-0.4, -0.2) is 94.7 Å². The van der Waals surface area contributed by atoms with Crippen molar-refractivity contribution in [2.75, 3.05) is 49.1 Å². The first kappa shape index (κ1) is 43.0. The number of para-hydroxylation sites is 2. The normalized spacial score (nSPS) is 14.1. The zero-order chi connectivity index (χ0) is 41.5. The van der Waals surface area contributed by atoms with Crippen LogP contribution in [0.25, 0.3) is 0 Å². The molecule has 2 saturated heterocycles. The van der Waals surface area contributed by atoms with Gasteiger partial charge in [0, 0.05) is 61.1 Å². The van der Waals surface area contributed by atoms with Gasteiger partial charge in [-0.2, -0.15) is 13.2 Å². The van der Waals surface area contributed by atoms with Crippen molar-refractivity contribution >= 4 is 40.9 Å². The summed E-state index contributed by atoms with van der Waals surface area (Å²) in [7, 11) is 0. The van der Waals surface area contributed by atoms with Crippen LogP contribution >= 0.6 is 0 Å². The Balaban J connectivity index is 0.000000226. The Kier molecular flexibility index (Phi) is 15.4. The van der Waals surface area contributed by atoms with Gasteiger partial charge < -0.3 is 20.9 Å². The van der Waals surface area contributed by atoms with Crippen LogP contribution in [0.2, 0.25) is 0 Å². The Hall–Kier alpha value is -6.16. The number of hydrogen-bond acceptors (Lipinski definition) is 8. The van der Waals surface area contributed by atoms with E-state index in [2.05, 4.69) is 9.97 Å². The number of alkyl halides is 3. The van der Waals surface area contributed by atoms with Gasteiger partial charge in [-0.3, -0.25) is 34.2 Å². The lowest BCUT2D eigenvalue weighted by Crippen LogP contribution is -2.45. The van der Waals surface area contributed by atoms with Crippen LogP contribution in [-0.2, 0) is 17.9 Å². The van der Waals surface area contributed by atoms with E-state index in [0.29, 0.717) is 36.6 Å². The van der Waals surface area contributed by atoms with Gasteiger partial charge in [-0.1, -0.05) is 36.4 Å². The van der Waals surface area contributed by atoms with E-state index in [1.807, 2.05) is 65.6 Å². The minimum absolute atomic E-state index is 0.000175. The minimum Gasteiger partial charge on any atom is -0.341 e. The van der Waals surface area contributed by atoms with Crippen LogP contribution in [0.1, 0.15) is 70.6 Å². The third kappa shape index (κ3) is 12.2. The first-order valence-electron chi connectivity index (χ1n) is 19.2. The molecule has 0 bridgehead atoms. The van der Waals surface area contributed by atoms with Gasteiger partial charge in [0.25, 0.3) is 0 Å². The molecule has 0 spiro atoms. The largest absolute Gasteiger partial charge is 0.471 e. The fraction of sp³-hybridized carbons (Fsp3) is 0.357. The summed E-state index contributed by atoms with van der Waals surface area (Å²) in [5.74, 6) is -3.02. The lowest BCUT2D eigenvalue weighted by Gasteiger charge is -2.33. The highest BCUT2D eigenvalue weighted by Gasteiger charge is 2.38. The SMILES string of the molecule is NCC(=O)c1ccc(CN(C(=O)N2CCCCC2)c2ccccc2)nc1.O=C(CNC(=O)C(F)(F)F)c1ccc(CN(C(=O)N2CCCCC2)c2ccccc2)nc1. The third-order valence-corrected chi connectivity index (χ3v) is 9.64. The molecule has 4 aromatic rings. The Morgan fingerprint density at radius 2 is 1.02 bits per heavy atom. The molecular weight excluding hydrogens is 754 g/mol. The fourth-order valence-electron chi connectivity index (χ4n) is 6.44. The van der Waals surface area contributed by atoms with Crippen molar-refractivity contribution in [1.82, 2.24) is 25.1 Å². The average Bonchev–Trinajstić information content (AvgIpc) is 3.27. The standard InChI is InChI=1S/C22H23F3N4O3.C20H24N4O2/c23-22(24,25)20(31)27-14-19(30)16-9-10-17(26-13-16)15-29(18-7-3-1-4-8-18)21(32)28-11-5-2-6-12-28;21-13-19(25)16-9-10-17(22-14-16)15-24(18-7-3-1-4-8-18)20(26)23-11-5-2-6-12-23/h1,3-4,7-10,13H,2,5-6,11-12,14-15H2,(H,27,31);1,3-4,7-10,14H,2,5-6,11-13,15,21H2. The maximum Gasteiger partial charge on any atom is 0.471 e. The second kappa shape index (κ2) is 20.8. The molecule has 2 fully saturated rings. The summed E-state index contributed by atoms with van der Waals surface area (Å²) < 4.78 is 36.7. The molecule has 0 radical (unpaired) electrons. The number of hydrogen-bond donors (Lipinski definition) is 2. The van der Waals surface area contributed by atoms with Gasteiger partial charge in [-0.15, -0.1) is 0 Å². The number of nitrogens with one attached hydrogen (secondary N) is 1. The number of amides is 5. The van der Waals surface area contributed by atoms with Crippen LogP contribution in [0, 0.1) is 0 Å². The molecule has 306 valence electrons. The molecule has 16 heteroatoms. The molecule has 2 aromatic carbocycles. The van der Waals surface area contributed by atoms with Crippen LogP contribution < -0.4 is 20.9 Å². The van der Waals surface area contributed by atoms with E-state index in [9.17, 15) is 37.1 Å². The van der Waals surface area contributed by atoms with E-state index >= 15 is 0 Å². The molecule has 2 aliphatic heterocycles. The molecule has 0 unspecified atom stereocenters. The maximum atomic E-state index is 13.1. The topological polar surface area (TPSA) is 162 Å². The van der Waals surface area contributed by atoms with E-state index < -0.39 is 24.4 Å². The lowest BCUT2D eigenvalue weighted by molar-refractivity contribution is -0.173. The Morgan fingerprint density at radius 1 is 0.603 bits per heavy atom. The highest BCUT2D eigenvalue weighted by Crippen LogP contribution is 2.23. The predicted octanol–water partition coefficient (Wildman–Crippen LogP) is 6.39. The molecule has 4 heterocycles. The molecule has 2 aromatic heterocycles. The quantitative estimate of drug-likeness (QED) is 0.165. The van der Waals surface area contributed by atoms with Gasteiger partial charge in [0.15, 0.2) is 11.6 Å². The molecule has 3 N–H and O–H groups in total. The highest BCUT2D eigenvalue weighted by molar-refractivity contribution is 6.00. The van der Waals surface area contributed by atoms with Gasteiger partial charge >= 0.3 is 24.1 Å². The first-order chi connectivity index (χ1) is 27.9. The summed E-state index contributed by atoms with van der Waals surface area (Å²) in [6, 6.07) is 25.1. The van der Waals surface area contributed by atoms with Gasteiger partial charge in [0.2, 0.25) is 0 Å². The highest BCUT2D eigenvalue weighted by atomic mass is 19.4. The number of pyridine rings is 2. The van der Waals surface area contributed by atoms with E-state index in [1.165, 1.54) is 30.9 Å². The Labute approximate surface area is 335 Å². The van der Waals surface area contributed by atoms with Gasteiger partial charge in [-0.05, 0) is 87.1 Å². The van der Waals surface area contributed by atoms with Crippen molar-refractivity contribution in [1.29, 1.82) is 0 Å². The smallest absolute Gasteiger partial charge is 0.341 e. The van der Waals surface area contributed by atoms with E-state index in [4.69, 9.17) is 5.73 Å². The second-order valence-electron chi connectivity index (χ2n) is 13.8. The number of likely N-dealkylation sites (tertiary alicyclic amines) is 2. The molecule has 5 amide bonds. The predicted molar refractivity (Wildman–Crippen MR) is 212 cm³/mol. The van der Waals surface area contributed by atoms with E-state index in [0.717, 1.165) is 56.6 Å². The van der Waals surface area contributed by atoms with Crippen molar-refractivity contribution in [2.24, 2.45) is 5.73 Å². The number of halogens is 3. The zero-order valence-electron chi connectivity index (χ0n) is 32.1. The van der Waals surface area contributed by atoms with Crippen LogP contribution in [0.5, 0.6) is 0 Å².